The Morgan fingerprint density at radius 1 is 1.33 bits per heavy atom. The van der Waals surface area contributed by atoms with Gasteiger partial charge in [-0.3, -0.25) is 20.0 Å². The Labute approximate surface area is 142 Å². The number of benzene rings is 1. The molecule has 7 nitrogen and oxygen atoms in total. The Bertz CT molecular complexity index is 948. The number of rotatable bonds is 4. The summed E-state index contributed by atoms with van der Waals surface area (Å²) >= 11 is 5.89. The summed E-state index contributed by atoms with van der Waals surface area (Å²) in [4.78, 5) is 32.9. The smallest absolute Gasteiger partial charge is 0.293 e. The summed E-state index contributed by atoms with van der Waals surface area (Å²) in [5.41, 5.74) is 0.854. The first-order valence-electron chi connectivity index (χ1n) is 7.52. The van der Waals surface area contributed by atoms with E-state index in [2.05, 4.69) is 20.4 Å². The number of aryl methyl sites for hydroxylation is 1. The van der Waals surface area contributed by atoms with Crippen LogP contribution in [0.2, 0.25) is 5.02 Å². The first-order valence-corrected chi connectivity index (χ1v) is 7.89. The Kier molecular flexibility index (Phi) is 4.35. The number of fused-ring (bicyclic) bond motifs is 1. The summed E-state index contributed by atoms with van der Waals surface area (Å²) in [5, 5.41) is 5.42. The molecule has 124 valence electrons. The van der Waals surface area contributed by atoms with Crippen molar-refractivity contribution in [2.45, 2.75) is 26.2 Å². The quantitative estimate of drug-likeness (QED) is 0.760. The number of aromatic amines is 1. The molecular formula is C16H16ClN5O2. The molecule has 1 atom stereocenters. The molecule has 0 saturated heterocycles. The van der Waals surface area contributed by atoms with E-state index in [-0.39, 0.29) is 28.6 Å². The normalized spacial score (nSPS) is 12.3. The summed E-state index contributed by atoms with van der Waals surface area (Å²) < 4.78 is 1.11. The van der Waals surface area contributed by atoms with Gasteiger partial charge in [0.1, 0.15) is 5.02 Å². The zero-order valence-electron chi connectivity index (χ0n) is 13.2. The molecule has 0 unspecified atom stereocenters. The molecule has 0 fully saturated rings. The molecule has 0 radical (unpaired) electrons. The molecule has 1 aromatic carbocycles. The van der Waals surface area contributed by atoms with Crippen molar-refractivity contribution in [2.24, 2.45) is 0 Å². The van der Waals surface area contributed by atoms with Gasteiger partial charge in [-0.25, -0.2) is 4.98 Å². The maximum Gasteiger partial charge on any atom is 0.293 e. The summed E-state index contributed by atoms with van der Waals surface area (Å²) in [5.74, 6) is -0.210. The van der Waals surface area contributed by atoms with Crippen LogP contribution in [0.25, 0.3) is 5.78 Å². The minimum absolute atomic E-state index is 0.0183. The SMILES string of the molecule is CC[C@H](C(=O)Nc1nc2nc(C)c(Cl)c(=O)n2[nH]1)c1ccccc1. The van der Waals surface area contributed by atoms with Gasteiger partial charge in [0, 0.05) is 0 Å². The van der Waals surface area contributed by atoms with E-state index in [4.69, 9.17) is 11.6 Å². The molecule has 3 rings (SSSR count). The van der Waals surface area contributed by atoms with Gasteiger partial charge in [-0.05, 0) is 18.9 Å². The van der Waals surface area contributed by atoms with Crippen molar-refractivity contribution in [3.05, 3.63) is 57.0 Å². The summed E-state index contributed by atoms with van der Waals surface area (Å²) in [6.45, 7) is 3.56. The van der Waals surface area contributed by atoms with Gasteiger partial charge < -0.3 is 0 Å². The second-order valence-electron chi connectivity index (χ2n) is 5.38. The van der Waals surface area contributed by atoms with Gasteiger partial charge in [0.05, 0.1) is 11.6 Å². The monoisotopic (exact) mass is 345 g/mol. The number of carbonyl (C=O) groups is 1. The first kappa shape index (κ1) is 16.2. The average molecular weight is 346 g/mol. The molecule has 0 aliphatic heterocycles. The van der Waals surface area contributed by atoms with Gasteiger partial charge in [-0.1, -0.05) is 48.9 Å². The van der Waals surface area contributed by atoms with Gasteiger partial charge in [0.25, 0.3) is 11.3 Å². The van der Waals surface area contributed by atoms with Crippen molar-refractivity contribution >= 4 is 29.2 Å². The van der Waals surface area contributed by atoms with Crippen LogP contribution < -0.4 is 10.9 Å². The van der Waals surface area contributed by atoms with Crippen LogP contribution >= 0.6 is 11.6 Å². The fraction of sp³-hybridized carbons (Fsp3) is 0.250. The van der Waals surface area contributed by atoms with Crippen molar-refractivity contribution in [3.63, 3.8) is 0 Å². The van der Waals surface area contributed by atoms with E-state index < -0.39 is 5.56 Å². The molecule has 0 aliphatic carbocycles. The minimum Gasteiger partial charge on any atom is -0.294 e. The summed E-state index contributed by atoms with van der Waals surface area (Å²) in [6.07, 6.45) is 0.638. The van der Waals surface area contributed by atoms with Crippen molar-refractivity contribution < 1.29 is 4.79 Å². The zero-order valence-corrected chi connectivity index (χ0v) is 14.0. The van der Waals surface area contributed by atoms with Gasteiger partial charge >= 0.3 is 0 Å². The Hall–Kier alpha value is -2.67. The highest BCUT2D eigenvalue weighted by atomic mass is 35.5. The molecule has 2 aromatic heterocycles. The fourth-order valence-electron chi connectivity index (χ4n) is 2.52. The Morgan fingerprint density at radius 3 is 2.71 bits per heavy atom. The molecule has 2 N–H and O–H groups in total. The van der Waals surface area contributed by atoms with Gasteiger partial charge in [-0.15, -0.1) is 0 Å². The maximum atomic E-state index is 12.5. The number of hydrogen-bond acceptors (Lipinski definition) is 4. The second kappa shape index (κ2) is 6.45. The molecule has 1 amide bonds. The van der Waals surface area contributed by atoms with Gasteiger partial charge in [0.2, 0.25) is 11.9 Å². The molecule has 8 heteroatoms. The molecular weight excluding hydrogens is 330 g/mol. The maximum absolute atomic E-state index is 12.5. The van der Waals surface area contributed by atoms with Crippen LogP contribution in [0.5, 0.6) is 0 Å². The topological polar surface area (TPSA) is 92.2 Å². The molecule has 0 aliphatic rings. The van der Waals surface area contributed by atoms with E-state index in [1.165, 1.54) is 0 Å². The number of nitrogens with zero attached hydrogens (tertiary/aromatic N) is 3. The molecule has 3 aromatic rings. The van der Waals surface area contributed by atoms with Crippen LogP contribution in [0.15, 0.2) is 35.1 Å². The van der Waals surface area contributed by atoms with Gasteiger partial charge in [0.15, 0.2) is 0 Å². The van der Waals surface area contributed by atoms with Crippen LogP contribution in [0, 0.1) is 6.92 Å². The molecule has 0 spiro atoms. The fourth-order valence-corrected chi connectivity index (χ4v) is 2.64. The minimum atomic E-state index is -0.456. The van der Waals surface area contributed by atoms with Crippen molar-refractivity contribution in [1.29, 1.82) is 0 Å². The predicted molar refractivity (Wildman–Crippen MR) is 91.5 cm³/mol. The number of hydrogen-bond donors (Lipinski definition) is 2. The van der Waals surface area contributed by atoms with Crippen molar-refractivity contribution in [3.8, 4) is 0 Å². The third-order valence-corrected chi connectivity index (χ3v) is 4.21. The molecule has 2 heterocycles. The van der Waals surface area contributed by atoms with E-state index in [9.17, 15) is 9.59 Å². The lowest BCUT2D eigenvalue weighted by Crippen LogP contribution is -2.22. The summed E-state index contributed by atoms with van der Waals surface area (Å²) in [6, 6.07) is 9.49. The highest BCUT2D eigenvalue weighted by Crippen LogP contribution is 2.20. The number of amides is 1. The lowest BCUT2D eigenvalue weighted by molar-refractivity contribution is -0.117. The average Bonchev–Trinajstić information content (AvgIpc) is 2.97. The lowest BCUT2D eigenvalue weighted by atomic mass is 9.96. The third-order valence-electron chi connectivity index (χ3n) is 3.77. The van der Waals surface area contributed by atoms with Crippen LogP contribution in [-0.2, 0) is 4.79 Å². The van der Waals surface area contributed by atoms with E-state index in [0.29, 0.717) is 12.1 Å². The van der Waals surface area contributed by atoms with Crippen molar-refractivity contribution in [2.75, 3.05) is 5.32 Å². The molecule has 0 saturated carbocycles. The highest BCUT2D eigenvalue weighted by molar-refractivity contribution is 6.31. The van der Waals surface area contributed by atoms with Crippen LogP contribution in [-0.4, -0.2) is 25.5 Å². The second-order valence-corrected chi connectivity index (χ2v) is 5.76. The van der Waals surface area contributed by atoms with E-state index in [1.54, 1.807) is 6.92 Å². The standard InChI is InChI=1S/C16H16ClN5O2/c1-3-11(10-7-5-4-6-8-10)13(23)19-15-20-16-18-9(2)12(17)14(24)22(16)21-15/h4-8,11H,3H2,1-2H3,(H2,18,19,20,21,23)/t11-/m0/s1. The predicted octanol–water partition coefficient (Wildman–Crippen LogP) is 2.51. The third kappa shape index (κ3) is 2.90. The number of carbonyl (C=O) groups excluding carboxylic acids is 1. The Balaban J connectivity index is 1.90. The highest BCUT2D eigenvalue weighted by Gasteiger charge is 2.20. The molecule has 0 bridgehead atoms. The van der Waals surface area contributed by atoms with E-state index in [0.717, 1.165) is 10.1 Å². The lowest BCUT2D eigenvalue weighted by Gasteiger charge is -2.13. The number of aromatic nitrogens is 4. The van der Waals surface area contributed by atoms with Crippen LogP contribution in [0.3, 0.4) is 0 Å². The van der Waals surface area contributed by atoms with Crippen LogP contribution in [0.4, 0.5) is 5.95 Å². The summed E-state index contributed by atoms with van der Waals surface area (Å²) in [7, 11) is 0. The molecule has 24 heavy (non-hydrogen) atoms. The van der Waals surface area contributed by atoms with E-state index >= 15 is 0 Å². The van der Waals surface area contributed by atoms with E-state index in [1.807, 2.05) is 37.3 Å². The first-order chi connectivity index (χ1) is 11.5. The largest absolute Gasteiger partial charge is 0.294 e. The van der Waals surface area contributed by atoms with Gasteiger partial charge in [-0.2, -0.15) is 9.50 Å². The number of anilines is 1. The number of H-pyrrole nitrogens is 1. The zero-order chi connectivity index (χ0) is 17.3. The Morgan fingerprint density at radius 2 is 2.04 bits per heavy atom. The van der Waals surface area contributed by atoms with Crippen molar-refractivity contribution in [1.82, 2.24) is 19.6 Å². The number of halogens is 1. The number of nitrogens with one attached hydrogen (secondary N) is 2. The van der Waals surface area contributed by atoms with Crippen LogP contribution in [0.1, 0.15) is 30.5 Å².